The lowest BCUT2D eigenvalue weighted by Gasteiger charge is -2.10. The lowest BCUT2D eigenvalue weighted by atomic mass is 10.0. The number of carbonyl (C=O) groups is 10. The van der Waals surface area contributed by atoms with E-state index in [1.54, 1.807) is 36.4 Å². The number of unbranched alkanes of at least 4 members (excludes halogenated alkanes) is 4. The first-order valence-electron chi connectivity index (χ1n) is 35.8. The molecule has 0 bridgehead atoms. The van der Waals surface area contributed by atoms with Crippen LogP contribution in [0.2, 0.25) is 0 Å². The predicted octanol–water partition coefficient (Wildman–Crippen LogP) is 16.8. The van der Waals surface area contributed by atoms with Crippen LogP contribution in [0.5, 0.6) is 46.0 Å². The summed E-state index contributed by atoms with van der Waals surface area (Å²) in [7, 11) is 0. The molecule has 28 nitrogen and oxygen atoms in total. The van der Waals surface area contributed by atoms with E-state index in [0.29, 0.717) is 84.0 Å². The van der Waals surface area contributed by atoms with Gasteiger partial charge in [-0.1, -0.05) is 92.6 Å². The van der Waals surface area contributed by atoms with E-state index in [2.05, 4.69) is 60.0 Å². The summed E-state index contributed by atoms with van der Waals surface area (Å²) < 4.78 is 71.4. The minimum Gasteiger partial charge on any atom is -0.463 e. The first-order valence-corrected chi connectivity index (χ1v) is 36.6. The van der Waals surface area contributed by atoms with Gasteiger partial charge in [-0.3, -0.25) is 0 Å². The van der Waals surface area contributed by atoms with Crippen molar-refractivity contribution in [1.29, 1.82) is 0 Å². The quantitative estimate of drug-likeness (QED) is 0.00396. The third-order valence-corrected chi connectivity index (χ3v) is 15.2. The Hall–Kier alpha value is -14.3. The number of esters is 6. The molecule has 0 aliphatic carbocycles. The molecule has 0 aliphatic rings. The molecule has 8 aromatic carbocycles. The highest BCUT2D eigenvalue weighted by molar-refractivity contribution is 9.10. The van der Waals surface area contributed by atoms with E-state index < -0.39 is 60.4 Å². The largest absolute Gasteiger partial charge is 0.513 e. The summed E-state index contributed by atoms with van der Waals surface area (Å²) in [6.07, 6.45) is 9.75. The first kappa shape index (κ1) is 91.6. The zero-order valence-corrected chi connectivity index (χ0v) is 64.8. The molecule has 0 N–H and O–H groups in total. The van der Waals surface area contributed by atoms with Crippen molar-refractivity contribution in [3.8, 4) is 70.2 Å². The van der Waals surface area contributed by atoms with Crippen molar-refractivity contribution in [3.63, 3.8) is 0 Å². The summed E-state index contributed by atoms with van der Waals surface area (Å²) in [6.45, 7) is 14.4. The van der Waals surface area contributed by atoms with Crippen molar-refractivity contribution >= 4 is 76.4 Å². The van der Waals surface area contributed by atoms with Crippen LogP contribution in [0.25, 0.3) is 0 Å². The average molecular weight is 1670 g/mol. The van der Waals surface area contributed by atoms with E-state index >= 15 is 0 Å². The molecule has 0 aliphatic heterocycles. The molecule has 0 atom stereocenters. The molecule has 0 heterocycles. The van der Waals surface area contributed by atoms with Gasteiger partial charge in [0, 0.05) is 45.5 Å². The molecular formula is C88H81BrO28. The minimum absolute atomic E-state index is 0.0121. The van der Waals surface area contributed by atoms with E-state index in [1.807, 2.05) is 60.7 Å². The van der Waals surface area contributed by atoms with Crippen LogP contribution in [-0.2, 0) is 80.1 Å². The number of ether oxygens (including phenoxy) is 14. The van der Waals surface area contributed by atoms with Gasteiger partial charge in [-0.2, -0.15) is 9.78 Å². The highest BCUT2D eigenvalue weighted by Gasteiger charge is 2.19. The second kappa shape index (κ2) is 53.6. The Balaban J connectivity index is 0.000000333. The summed E-state index contributed by atoms with van der Waals surface area (Å²) in [5.74, 6) is 7.16. The molecule has 0 fully saturated rings. The van der Waals surface area contributed by atoms with Gasteiger partial charge >= 0.3 is 60.4 Å². The number of hydrogen-bond acceptors (Lipinski definition) is 28. The summed E-state index contributed by atoms with van der Waals surface area (Å²) in [5.41, 5.74) is 3.82. The molecule has 0 radical (unpaired) electrons. The van der Waals surface area contributed by atoms with Gasteiger partial charge in [0.05, 0.1) is 64.0 Å². The zero-order chi connectivity index (χ0) is 84.0. The second-order valence-electron chi connectivity index (χ2n) is 23.3. The smallest absolute Gasteiger partial charge is 0.463 e. The summed E-state index contributed by atoms with van der Waals surface area (Å²) in [6, 6.07) is 52.4. The van der Waals surface area contributed by atoms with Crippen LogP contribution >= 0.6 is 15.9 Å². The van der Waals surface area contributed by atoms with Gasteiger partial charge in [-0.25, -0.2) is 47.9 Å². The number of hydrogen-bond donors (Lipinski definition) is 0. The highest BCUT2D eigenvalue weighted by Crippen LogP contribution is 2.27. The van der Waals surface area contributed by atoms with Crippen LogP contribution in [-0.4, -0.2) is 113 Å². The molecule has 0 aromatic heterocycles. The SMILES string of the molecule is C#Cc1ccccc1.C=CC(=O)OCCCCOC(=O)Oc1ccc(OOCc2ccc(C(=O)Oc3ccc(OC(=O)OCCCCOC(=O)C=C)cc3)c(Br)c2)cc1.C=CC(=O)OCCCCOC(=O)Oc1ccc(OOCc2ccc(C(=O)Oc3ccc(OC(=O)OCCCCOC(=O)C=C)cc3)c(C#Cc3ccccc3)c2)cc1. The Bertz CT molecular complexity index is 4680. The van der Waals surface area contributed by atoms with Gasteiger partial charge in [0.2, 0.25) is 0 Å². The van der Waals surface area contributed by atoms with Crippen molar-refractivity contribution in [2.45, 2.75) is 64.6 Å². The van der Waals surface area contributed by atoms with Crippen LogP contribution in [0.1, 0.15) is 99.9 Å². The van der Waals surface area contributed by atoms with Crippen molar-refractivity contribution in [3.05, 3.63) is 288 Å². The van der Waals surface area contributed by atoms with E-state index in [9.17, 15) is 47.9 Å². The van der Waals surface area contributed by atoms with Crippen LogP contribution in [0.4, 0.5) is 19.2 Å². The van der Waals surface area contributed by atoms with Crippen molar-refractivity contribution in [1.82, 2.24) is 0 Å². The van der Waals surface area contributed by atoms with Crippen molar-refractivity contribution < 1.29 is 134 Å². The van der Waals surface area contributed by atoms with E-state index in [0.717, 1.165) is 35.4 Å². The van der Waals surface area contributed by atoms with Gasteiger partial charge in [-0.15, -0.1) is 6.42 Å². The third kappa shape index (κ3) is 38.2. The van der Waals surface area contributed by atoms with E-state index in [1.165, 1.54) is 97.1 Å². The van der Waals surface area contributed by atoms with Crippen molar-refractivity contribution in [2.24, 2.45) is 0 Å². The normalized spacial score (nSPS) is 9.98. The Morgan fingerprint density at radius 2 is 0.598 bits per heavy atom. The first-order chi connectivity index (χ1) is 56.8. The molecule has 608 valence electrons. The van der Waals surface area contributed by atoms with Crippen molar-refractivity contribution in [2.75, 3.05) is 52.9 Å². The lowest BCUT2D eigenvalue weighted by molar-refractivity contribution is -0.217. The number of terminal acetylenes is 1. The molecular weight excluding hydrogens is 1580 g/mol. The maximum atomic E-state index is 13.3. The minimum atomic E-state index is -0.914. The molecule has 0 saturated carbocycles. The fourth-order valence-electron chi connectivity index (χ4n) is 8.77. The van der Waals surface area contributed by atoms with Crippen LogP contribution in [0.3, 0.4) is 0 Å². The number of halogens is 1. The van der Waals surface area contributed by atoms with Gasteiger partial charge < -0.3 is 76.1 Å². The number of carbonyl (C=O) groups excluding carboxylic acids is 10. The van der Waals surface area contributed by atoms with E-state index in [4.69, 9.17) is 92.3 Å². The fraction of sp³-hybridized carbons (Fsp3) is 0.205. The molecule has 117 heavy (non-hydrogen) atoms. The Labute approximate surface area is 682 Å². The molecule has 8 rings (SSSR count). The standard InChI is InChI=1S/C44H40O14.C36H35BrO14.C8H6/c1-3-40(45)50-26-8-10-28-52-43(48)56-36-19-17-35(18-20-36)55-42(47)39-25-15-33(30-34(39)16-14-32-12-6-5-7-13-32)31-54-58-38-23-21-37(22-24-38)57-44(49)53-29-11-9-27-51-41(46)4-2;1-3-32(38)43-19-5-7-21-45-35(41)49-27-12-10-26(11-13-27)48-34(40)30-18-9-25(23-31(30)37)24-47-51-29-16-14-28(15-17-29)50-36(42)46-22-8-6-20-44-33(39)4-2;1-2-8-6-4-3-5-7-8/h3-7,12-13,15,17-25,30H,1-2,8-11,26-29,31H2;3-4,9-18,23H,1-2,5-8,19-22,24H2;1,3-7H. The molecule has 0 saturated heterocycles. The third-order valence-electron chi connectivity index (χ3n) is 14.6. The van der Waals surface area contributed by atoms with Gasteiger partial charge in [-0.05, 0) is 224 Å². The lowest BCUT2D eigenvalue weighted by Crippen LogP contribution is -2.13. The molecule has 29 heteroatoms. The van der Waals surface area contributed by atoms with Gasteiger partial charge in [0.1, 0.15) is 47.7 Å². The summed E-state index contributed by atoms with van der Waals surface area (Å²) >= 11 is 3.38. The van der Waals surface area contributed by atoms with Gasteiger partial charge in [0.15, 0.2) is 11.5 Å². The fourth-order valence-corrected chi connectivity index (χ4v) is 9.36. The Kier molecular flexibility index (Phi) is 42.0. The van der Waals surface area contributed by atoms with E-state index in [-0.39, 0.29) is 112 Å². The average Bonchev–Trinajstić information content (AvgIpc) is 0.831. The monoisotopic (exact) mass is 1660 g/mol. The highest BCUT2D eigenvalue weighted by atomic mass is 79.9. The Morgan fingerprint density at radius 1 is 0.316 bits per heavy atom. The van der Waals surface area contributed by atoms with Crippen LogP contribution in [0, 0.1) is 24.2 Å². The number of rotatable bonds is 40. The van der Waals surface area contributed by atoms with Crippen LogP contribution in [0.15, 0.2) is 249 Å². The molecule has 0 spiro atoms. The molecule has 0 unspecified atom stereocenters. The number of benzene rings is 8. The predicted molar refractivity (Wildman–Crippen MR) is 423 cm³/mol. The van der Waals surface area contributed by atoms with Gasteiger partial charge in [0.25, 0.3) is 0 Å². The second-order valence-corrected chi connectivity index (χ2v) is 24.1. The Morgan fingerprint density at radius 3 is 0.906 bits per heavy atom. The topological polar surface area (TPSA) is 337 Å². The molecule has 8 aromatic rings. The maximum absolute atomic E-state index is 13.3. The molecule has 0 amide bonds. The van der Waals surface area contributed by atoms with Crippen LogP contribution < -0.4 is 38.2 Å². The summed E-state index contributed by atoms with van der Waals surface area (Å²) in [5, 5.41) is 0. The zero-order valence-electron chi connectivity index (χ0n) is 63.2. The maximum Gasteiger partial charge on any atom is 0.513 e. The summed E-state index contributed by atoms with van der Waals surface area (Å²) in [4.78, 5) is 139.